The summed E-state index contributed by atoms with van der Waals surface area (Å²) in [5, 5.41) is 3.36. The van der Waals surface area contributed by atoms with Gasteiger partial charge in [-0.3, -0.25) is 0 Å². The minimum atomic E-state index is 1.05. The van der Waals surface area contributed by atoms with E-state index in [-0.39, 0.29) is 0 Å². The van der Waals surface area contributed by atoms with Gasteiger partial charge < -0.3 is 9.88 Å². The van der Waals surface area contributed by atoms with Crippen LogP contribution in [0.15, 0.2) is 30.7 Å². The van der Waals surface area contributed by atoms with E-state index in [0.717, 1.165) is 18.7 Å². The highest BCUT2D eigenvalue weighted by atomic mass is 15.0. The number of nitrogens with zero attached hydrogens (tertiary/aromatic N) is 2. The van der Waals surface area contributed by atoms with Crippen LogP contribution in [0, 0.1) is 6.92 Å². The van der Waals surface area contributed by atoms with Crippen LogP contribution in [-0.2, 0) is 6.42 Å². The maximum absolute atomic E-state index is 4.23. The molecule has 1 aromatic heterocycles. The van der Waals surface area contributed by atoms with Gasteiger partial charge in [0.1, 0.15) is 0 Å². The van der Waals surface area contributed by atoms with Gasteiger partial charge in [-0.2, -0.15) is 0 Å². The summed E-state index contributed by atoms with van der Waals surface area (Å²) >= 11 is 0. The maximum atomic E-state index is 4.23. The van der Waals surface area contributed by atoms with Gasteiger partial charge in [0.2, 0.25) is 0 Å². The lowest BCUT2D eigenvalue weighted by atomic mass is 10.1. The number of hydrogen-bond donors (Lipinski definition) is 1. The fourth-order valence-corrected chi connectivity index (χ4v) is 2.01. The Bertz CT molecular complexity index is 499. The van der Waals surface area contributed by atoms with E-state index >= 15 is 0 Å². The van der Waals surface area contributed by atoms with Crippen molar-refractivity contribution in [2.75, 3.05) is 11.9 Å². The molecule has 0 atom stereocenters. The highest BCUT2D eigenvalue weighted by molar-refractivity contribution is 5.59. The van der Waals surface area contributed by atoms with Crippen LogP contribution in [-0.4, -0.2) is 16.1 Å². The molecule has 1 aromatic carbocycles. The van der Waals surface area contributed by atoms with E-state index in [0.29, 0.717) is 0 Å². The van der Waals surface area contributed by atoms with Crippen molar-refractivity contribution in [3.8, 4) is 5.69 Å². The minimum absolute atomic E-state index is 1.05. The number of hydrogen-bond acceptors (Lipinski definition) is 2. The molecule has 3 rings (SSSR count). The smallest absolute Gasteiger partial charge is 0.0995 e. The molecule has 3 heteroatoms. The second kappa shape index (κ2) is 3.12. The summed E-state index contributed by atoms with van der Waals surface area (Å²) in [5.74, 6) is 0. The average Bonchev–Trinajstić information content (AvgIpc) is 2.84. The van der Waals surface area contributed by atoms with E-state index < -0.39 is 0 Å². The molecule has 0 fully saturated rings. The summed E-state index contributed by atoms with van der Waals surface area (Å²) in [6, 6.07) is 6.50. The van der Waals surface area contributed by atoms with E-state index in [1.807, 2.05) is 19.4 Å². The molecule has 3 nitrogen and oxygen atoms in total. The number of benzene rings is 1. The summed E-state index contributed by atoms with van der Waals surface area (Å²) in [7, 11) is 0. The SMILES string of the molecule is Cc1cn(-c2ccc3c(c2)CCN3)cn1. The normalized spacial score (nSPS) is 13.7. The molecule has 2 heterocycles. The molecule has 2 aromatic rings. The average molecular weight is 199 g/mol. The predicted molar refractivity (Wildman–Crippen MR) is 60.5 cm³/mol. The number of aromatic nitrogens is 2. The van der Waals surface area contributed by atoms with Gasteiger partial charge in [0, 0.05) is 24.1 Å². The molecule has 0 bridgehead atoms. The summed E-state index contributed by atoms with van der Waals surface area (Å²) in [6.45, 7) is 3.06. The van der Waals surface area contributed by atoms with Gasteiger partial charge in [-0.05, 0) is 37.1 Å². The number of fused-ring (bicyclic) bond motifs is 1. The quantitative estimate of drug-likeness (QED) is 0.762. The summed E-state index contributed by atoms with van der Waals surface area (Å²) in [6.07, 6.45) is 5.03. The fourth-order valence-electron chi connectivity index (χ4n) is 2.01. The number of nitrogens with one attached hydrogen (secondary N) is 1. The Morgan fingerprint density at radius 3 is 3.13 bits per heavy atom. The first-order chi connectivity index (χ1) is 7.33. The van der Waals surface area contributed by atoms with Gasteiger partial charge in [-0.15, -0.1) is 0 Å². The van der Waals surface area contributed by atoms with Gasteiger partial charge in [-0.25, -0.2) is 4.98 Å². The number of imidazole rings is 1. The molecule has 76 valence electrons. The molecular weight excluding hydrogens is 186 g/mol. The van der Waals surface area contributed by atoms with Crippen molar-refractivity contribution < 1.29 is 0 Å². The number of rotatable bonds is 1. The molecule has 0 amide bonds. The minimum Gasteiger partial charge on any atom is -0.384 e. The van der Waals surface area contributed by atoms with Gasteiger partial charge >= 0.3 is 0 Å². The molecule has 0 saturated carbocycles. The molecule has 1 aliphatic heterocycles. The first-order valence-electron chi connectivity index (χ1n) is 5.21. The lowest BCUT2D eigenvalue weighted by molar-refractivity contribution is 1.04. The first kappa shape index (κ1) is 8.53. The molecule has 1 aliphatic rings. The Morgan fingerprint density at radius 2 is 2.33 bits per heavy atom. The summed E-state index contributed by atoms with van der Waals surface area (Å²) in [4.78, 5) is 4.23. The standard InChI is InChI=1S/C12H13N3/c1-9-7-15(8-14-9)11-2-3-12-10(6-11)4-5-13-12/h2-3,6-8,13H,4-5H2,1H3. The molecule has 1 N–H and O–H groups in total. The lowest BCUT2D eigenvalue weighted by Gasteiger charge is -2.04. The zero-order chi connectivity index (χ0) is 10.3. The third-order valence-electron chi connectivity index (χ3n) is 2.81. The molecule has 0 unspecified atom stereocenters. The Morgan fingerprint density at radius 1 is 1.40 bits per heavy atom. The van der Waals surface area contributed by atoms with Crippen molar-refractivity contribution in [2.24, 2.45) is 0 Å². The largest absolute Gasteiger partial charge is 0.384 e. The van der Waals surface area contributed by atoms with Crippen LogP contribution in [0.25, 0.3) is 5.69 Å². The van der Waals surface area contributed by atoms with Crippen molar-refractivity contribution in [2.45, 2.75) is 13.3 Å². The monoisotopic (exact) mass is 199 g/mol. The van der Waals surface area contributed by atoms with E-state index in [1.54, 1.807) is 0 Å². The second-order valence-corrected chi connectivity index (χ2v) is 3.94. The fraction of sp³-hybridized carbons (Fsp3) is 0.250. The third kappa shape index (κ3) is 1.40. The first-order valence-corrected chi connectivity index (χ1v) is 5.21. The Kier molecular flexibility index (Phi) is 1.78. The van der Waals surface area contributed by atoms with E-state index in [2.05, 4.69) is 33.1 Å². The topological polar surface area (TPSA) is 29.9 Å². The van der Waals surface area contributed by atoms with Gasteiger partial charge in [0.05, 0.1) is 12.0 Å². The third-order valence-corrected chi connectivity index (χ3v) is 2.81. The van der Waals surface area contributed by atoms with Crippen molar-refractivity contribution in [3.63, 3.8) is 0 Å². The molecule has 0 saturated heterocycles. The van der Waals surface area contributed by atoms with Crippen molar-refractivity contribution >= 4 is 5.69 Å². The van der Waals surface area contributed by atoms with Crippen LogP contribution >= 0.6 is 0 Å². The molecule has 0 spiro atoms. The Balaban J connectivity index is 2.06. The van der Waals surface area contributed by atoms with Crippen molar-refractivity contribution in [1.29, 1.82) is 0 Å². The number of aryl methyl sites for hydroxylation is 1. The van der Waals surface area contributed by atoms with Crippen LogP contribution in [0.5, 0.6) is 0 Å². The molecule has 0 radical (unpaired) electrons. The summed E-state index contributed by atoms with van der Waals surface area (Å²) in [5.41, 5.74) is 4.92. The molecule has 15 heavy (non-hydrogen) atoms. The van der Waals surface area contributed by atoms with Crippen LogP contribution in [0.4, 0.5) is 5.69 Å². The number of anilines is 1. The molecule has 0 aliphatic carbocycles. The Labute approximate surface area is 88.8 Å². The second-order valence-electron chi connectivity index (χ2n) is 3.94. The van der Waals surface area contributed by atoms with Crippen LogP contribution in [0.2, 0.25) is 0 Å². The van der Waals surface area contributed by atoms with E-state index in [1.165, 1.54) is 16.9 Å². The van der Waals surface area contributed by atoms with Crippen LogP contribution in [0.3, 0.4) is 0 Å². The van der Waals surface area contributed by atoms with E-state index in [4.69, 9.17) is 0 Å². The van der Waals surface area contributed by atoms with Gasteiger partial charge in [0.25, 0.3) is 0 Å². The Hall–Kier alpha value is -1.77. The zero-order valence-corrected chi connectivity index (χ0v) is 8.70. The lowest BCUT2D eigenvalue weighted by Crippen LogP contribution is -1.91. The highest BCUT2D eigenvalue weighted by Crippen LogP contribution is 2.24. The zero-order valence-electron chi connectivity index (χ0n) is 8.70. The maximum Gasteiger partial charge on any atom is 0.0995 e. The molecular formula is C12H13N3. The van der Waals surface area contributed by atoms with Gasteiger partial charge in [-0.1, -0.05) is 0 Å². The van der Waals surface area contributed by atoms with Crippen LogP contribution < -0.4 is 5.32 Å². The van der Waals surface area contributed by atoms with Crippen molar-refractivity contribution in [3.05, 3.63) is 42.0 Å². The van der Waals surface area contributed by atoms with Crippen LogP contribution in [0.1, 0.15) is 11.3 Å². The van der Waals surface area contributed by atoms with E-state index in [9.17, 15) is 0 Å². The van der Waals surface area contributed by atoms with Crippen molar-refractivity contribution in [1.82, 2.24) is 9.55 Å². The summed E-state index contributed by atoms with van der Waals surface area (Å²) < 4.78 is 2.06. The van der Waals surface area contributed by atoms with Gasteiger partial charge in [0.15, 0.2) is 0 Å². The predicted octanol–water partition coefficient (Wildman–Crippen LogP) is 2.15. The highest BCUT2D eigenvalue weighted by Gasteiger charge is 2.10.